The second-order valence-electron chi connectivity index (χ2n) is 9.78. The summed E-state index contributed by atoms with van der Waals surface area (Å²) in [6.07, 6.45) is -0.0847. The lowest BCUT2D eigenvalue weighted by atomic mass is 10.0. The molecule has 1 heterocycles. The summed E-state index contributed by atoms with van der Waals surface area (Å²) >= 11 is 0. The number of pyridine rings is 1. The molecule has 39 heavy (non-hydrogen) atoms. The monoisotopic (exact) mass is 539 g/mol. The summed E-state index contributed by atoms with van der Waals surface area (Å²) in [6.45, 7) is 4.62. The highest BCUT2D eigenvalue weighted by atomic mass is 16.6. The maximum atomic E-state index is 13.1. The molecule has 0 spiro atoms. The SMILES string of the molecule is CC(C)(C)OC(=O)N(CC(O)COc1ccccc1)[C@H](CO)Cc1ccc(Oc2ncccc2[N+](=O)[O-])cc1. The third-order valence-corrected chi connectivity index (χ3v) is 5.43. The predicted octanol–water partition coefficient (Wildman–Crippen LogP) is 4.36. The molecule has 0 fully saturated rings. The maximum absolute atomic E-state index is 13.1. The van der Waals surface area contributed by atoms with Gasteiger partial charge in [0.25, 0.3) is 5.88 Å². The number of aliphatic hydroxyl groups excluding tert-OH is 2. The van der Waals surface area contributed by atoms with E-state index in [0.29, 0.717) is 11.5 Å². The molecule has 208 valence electrons. The molecular weight excluding hydrogens is 506 g/mol. The molecular formula is C28H33N3O8. The van der Waals surface area contributed by atoms with Gasteiger partial charge in [0.1, 0.15) is 29.8 Å². The van der Waals surface area contributed by atoms with Crippen LogP contribution in [0.2, 0.25) is 0 Å². The van der Waals surface area contributed by atoms with E-state index in [-0.39, 0.29) is 37.7 Å². The molecule has 1 amide bonds. The molecule has 2 atom stereocenters. The van der Waals surface area contributed by atoms with Crippen LogP contribution in [-0.4, -0.2) is 68.6 Å². The summed E-state index contributed by atoms with van der Waals surface area (Å²) in [4.78, 5) is 28.9. The van der Waals surface area contributed by atoms with Gasteiger partial charge in [0.2, 0.25) is 0 Å². The fourth-order valence-corrected chi connectivity index (χ4v) is 3.63. The predicted molar refractivity (Wildman–Crippen MR) is 143 cm³/mol. The van der Waals surface area contributed by atoms with E-state index in [1.807, 2.05) is 18.2 Å². The Kier molecular flexibility index (Phi) is 10.2. The van der Waals surface area contributed by atoms with E-state index >= 15 is 0 Å². The Morgan fingerprint density at radius 2 is 1.74 bits per heavy atom. The summed E-state index contributed by atoms with van der Waals surface area (Å²) in [5.41, 5.74) is -0.293. The molecule has 3 rings (SSSR count). The minimum Gasteiger partial charge on any atom is -0.491 e. The molecule has 2 aromatic carbocycles. The number of aliphatic hydroxyl groups is 2. The number of para-hydroxylation sites is 1. The highest BCUT2D eigenvalue weighted by Gasteiger charge is 2.30. The van der Waals surface area contributed by atoms with Crippen molar-refractivity contribution in [3.05, 3.63) is 88.6 Å². The van der Waals surface area contributed by atoms with Gasteiger partial charge in [0.05, 0.1) is 24.1 Å². The van der Waals surface area contributed by atoms with E-state index in [2.05, 4.69) is 4.98 Å². The van der Waals surface area contributed by atoms with Gasteiger partial charge in [-0.15, -0.1) is 0 Å². The van der Waals surface area contributed by atoms with E-state index in [9.17, 15) is 25.1 Å². The summed E-state index contributed by atoms with van der Waals surface area (Å²) in [5, 5.41) is 32.1. The topological polar surface area (TPSA) is 144 Å². The van der Waals surface area contributed by atoms with Crippen molar-refractivity contribution >= 4 is 11.8 Å². The lowest BCUT2D eigenvalue weighted by Gasteiger charge is -2.34. The zero-order valence-corrected chi connectivity index (χ0v) is 22.1. The average Bonchev–Trinajstić information content (AvgIpc) is 2.90. The van der Waals surface area contributed by atoms with Crippen molar-refractivity contribution in [1.29, 1.82) is 0 Å². The third-order valence-electron chi connectivity index (χ3n) is 5.43. The molecule has 0 saturated heterocycles. The van der Waals surface area contributed by atoms with Gasteiger partial charge in [-0.05, 0) is 63.1 Å². The van der Waals surface area contributed by atoms with Crippen molar-refractivity contribution in [2.45, 2.75) is 44.9 Å². The smallest absolute Gasteiger partial charge is 0.410 e. The van der Waals surface area contributed by atoms with Crippen molar-refractivity contribution in [3.63, 3.8) is 0 Å². The lowest BCUT2D eigenvalue weighted by Crippen LogP contribution is -2.50. The highest BCUT2D eigenvalue weighted by Crippen LogP contribution is 2.28. The highest BCUT2D eigenvalue weighted by molar-refractivity contribution is 5.68. The van der Waals surface area contributed by atoms with Crippen LogP contribution < -0.4 is 9.47 Å². The zero-order chi connectivity index (χ0) is 28.4. The Labute approximate surface area is 226 Å². The van der Waals surface area contributed by atoms with Crippen LogP contribution in [0.25, 0.3) is 0 Å². The molecule has 11 heteroatoms. The van der Waals surface area contributed by atoms with Gasteiger partial charge in [0, 0.05) is 12.3 Å². The molecule has 0 radical (unpaired) electrons. The second kappa shape index (κ2) is 13.5. The summed E-state index contributed by atoms with van der Waals surface area (Å²) in [7, 11) is 0. The summed E-state index contributed by atoms with van der Waals surface area (Å²) < 4.78 is 16.7. The molecule has 2 N–H and O–H groups in total. The number of hydrogen-bond donors (Lipinski definition) is 2. The van der Waals surface area contributed by atoms with Crippen molar-refractivity contribution in [3.8, 4) is 17.4 Å². The minimum atomic E-state index is -1.04. The van der Waals surface area contributed by atoms with Gasteiger partial charge in [-0.25, -0.2) is 9.78 Å². The zero-order valence-electron chi connectivity index (χ0n) is 22.1. The molecule has 11 nitrogen and oxygen atoms in total. The Balaban J connectivity index is 1.71. The first-order chi connectivity index (χ1) is 18.6. The quantitative estimate of drug-likeness (QED) is 0.253. The Morgan fingerprint density at radius 1 is 1.05 bits per heavy atom. The number of ether oxygens (including phenoxy) is 3. The van der Waals surface area contributed by atoms with Crippen molar-refractivity contribution in [1.82, 2.24) is 9.88 Å². The van der Waals surface area contributed by atoms with Crippen LogP contribution in [0.15, 0.2) is 72.9 Å². The van der Waals surface area contributed by atoms with E-state index in [4.69, 9.17) is 14.2 Å². The van der Waals surface area contributed by atoms with Gasteiger partial charge in [-0.2, -0.15) is 0 Å². The number of carbonyl (C=O) groups is 1. The largest absolute Gasteiger partial charge is 0.491 e. The summed E-state index contributed by atoms with van der Waals surface area (Å²) in [5.74, 6) is 0.780. The molecule has 3 aromatic rings. The van der Waals surface area contributed by atoms with E-state index < -0.39 is 28.8 Å². The van der Waals surface area contributed by atoms with Crippen LogP contribution in [-0.2, 0) is 11.2 Å². The standard InChI is InChI=1S/C28H33N3O8/c1-28(2,3)39-27(34)30(17-22(33)19-37-23-8-5-4-6-9-23)21(18-32)16-20-11-13-24(14-12-20)38-26-25(31(35)36)10-7-15-29-26/h4-15,21-22,32-33H,16-19H2,1-3H3/t21-,22?/m0/s1. The Morgan fingerprint density at radius 3 is 2.36 bits per heavy atom. The molecule has 1 unspecified atom stereocenters. The normalized spacial score (nSPS) is 12.7. The van der Waals surface area contributed by atoms with E-state index in [1.165, 1.54) is 23.2 Å². The van der Waals surface area contributed by atoms with Crippen LogP contribution in [0.4, 0.5) is 10.5 Å². The molecule has 0 saturated carbocycles. The first-order valence-electron chi connectivity index (χ1n) is 12.4. The number of nitrogens with zero attached hydrogens (tertiary/aromatic N) is 3. The van der Waals surface area contributed by atoms with E-state index in [0.717, 1.165) is 5.56 Å². The van der Waals surface area contributed by atoms with Crippen molar-refractivity contribution in [2.75, 3.05) is 19.8 Å². The van der Waals surface area contributed by atoms with Gasteiger partial charge in [-0.3, -0.25) is 15.0 Å². The maximum Gasteiger partial charge on any atom is 0.410 e. The third kappa shape index (κ3) is 9.24. The molecule has 0 aliphatic rings. The number of carbonyl (C=O) groups excluding carboxylic acids is 1. The molecule has 0 aliphatic carbocycles. The van der Waals surface area contributed by atoms with Crippen LogP contribution in [0.5, 0.6) is 17.4 Å². The minimum absolute atomic E-state index is 0.0623. The average molecular weight is 540 g/mol. The Bertz CT molecular complexity index is 1220. The summed E-state index contributed by atoms with van der Waals surface area (Å²) in [6, 6.07) is 17.7. The second-order valence-corrected chi connectivity index (χ2v) is 9.78. The van der Waals surface area contributed by atoms with Crippen LogP contribution in [0, 0.1) is 10.1 Å². The lowest BCUT2D eigenvalue weighted by molar-refractivity contribution is -0.386. The first-order valence-corrected chi connectivity index (χ1v) is 12.4. The molecule has 0 bridgehead atoms. The molecule has 0 aliphatic heterocycles. The molecule has 1 aromatic heterocycles. The number of amides is 1. The van der Waals surface area contributed by atoms with Gasteiger partial charge in [0.15, 0.2) is 0 Å². The van der Waals surface area contributed by atoms with Gasteiger partial charge >= 0.3 is 11.8 Å². The van der Waals surface area contributed by atoms with Gasteiger partial charge in [-0.1, -0.05) is 30.3 Å². The Hall–Kier alpha value is -4.22. The van der Waals surface area contributed by atoms with Crippen molar-refractivity contribution in [2.24, 2.45) is 0 Å². The number of aromatic nitrogens is 1. The number of hydrogen-bond acceptors (Lipinski definition) is 9. The van der Waals surface area contributed by atoms with Crippen LogP contribution in [0.1, 0.15) is 26.3 Å². The fourth-order valence-electron chi connectivity index (χ4n) is 3.63. The number of benzene rings is 2. The van der Waals surface area contributed by atoms with Gasteiger partial charge < -0.3 is 24.4 Å². The van der Waals surface area contributed by atoms with Crippen molar-refractivity contribution < 1.29 is 34.1 Å². The van der Waals surface area contributed by atoms with E-state index in [1.54, 1.807) is 57.2 Å². The number of rotatable bonds is 12. The first kappa shape index (κ1) is 29.3. The van der Waals surface area contributed by atoms with Crippen LogP contribution >= 0.6 is 0 Å². The number of nitro groups is 1. The van der Waals surface area contributed by atoms with Crippen LogP contribution in [0.3, 0.4) is 0 Å². The fraction of sp³-hybridized carbons (Fsp3) is 0.357.